The van der Waals surface area contributed by atoms with Crippen molar-refractivity contribution in [1.82, 2.24) is 0 Å². The zero-order valence-electron chi connectivity index (χ0n) is 16.7. The lowest BCUT2D eigenvalue weighted by Crippen LogP contribution is -2.46. The molecule has 3 rings (SSSR count). The van der Waals surface area contributed by atoms with Crippen LogP contribution >= 0.6 is 0 Å². The molecule has 0 aliphatic carbocycles. The molecule has 2 heteroatoms. The first-order valence-electron chi connectivity index (χ1n) is 9.10. The SMILES string of the molecule is Cc1c(C)c(C)c(-c2ccc3c(c2)C(C)C(=O)C(C)(C)N3)c(C)c1C. The summed E-state index contributed by atoms with van der Waals surface area (Å²) in [5.74, 6) is 0.168. The van der Waals surface area contributed by atoms with Crippen LogP contribution < -0.4 is 5.32 Å². The van der Waals surface area contributed by atoms with E-state index in [9.17, 15) is 4.79 Å². The quantitative estimate of drug-likeness (QED) is 0.716. The molecule has 2 aromatic rings. The van der Waals surface area contributed by atoms with E-state index in [1.807, 2.05) is 20.8 Å². The van der Waals surface area contributed by atoms with Crippen molar-refractivity contribution < 1.29 is 4.79 Å². The van der Waals surface area contributed by atoms with Gasteiger partial charge in [0.2, 0.25) is 0 Å². The average Bonchev–Trinajstić information content (AvgIpc) is 2.57. The van der Waals surface area contributed by atoms with E-state index >= 15 is 0 Å². The lowest BCUT2D eigenvalue weighted by molar-refractivity contribution is -0.123. The number of rotatable bonds is 1. The van der Waals surface area contributed by atoms with Crippen LogP contribution in [0.5, 0.6) is 0 Å². The Bertz CT molecular complexity index is 860. The van der Waals surface area contributed by atoms with E-state index in [-0.39, 0.29) is 11.7 Å². The van der Waals surface area contributed by atoms with Crippen LogP contribution in [0, 0.1) is 34.6 Å². The maximum atomic E-state index is 12.7. The number of anilines is 1. The van der Waals surface area contributed by atoms with Gasteiger partial charge in [-0.05, 0) is 105 Å². The molecule has 1 atom stereocenters. The van der Waals surface area contributed by atoms with Gasteiger partial charge in [0.15, 0.2) is 5.78 Å². The van der Waals surface area contributed by atoms with Crippen molar-refractivity contribution in [2.24, 2.45) is 0 Å². The molecule has 0 aromatic heterocycles. The Morgan fingerprint density at radius 1 is 0.880 bits per heavy atom. The van der Waals surface area contributed by atoms with Crippen LogP contribution in [0.25, 0.3) is 11.1 Å². The molecule has 0 saturated heterocycles. The van der Waals surface area contributed by atoms with Gasteiger partial charge in [-0.25, -0.2) is 0 Å². The highest BCUT2D eigenvalue weighted by atomic mass is 16.1. The summed E-state index contributed by atoms with van der Waals surface area (Å²) in [6.07, 6.45) is 0. The van der Waals surface area contributed by atoms with Crippen LogP contribution in [0.2, 0.25) is 0 Å². The molecule has 0 radical (unpaired) electrons. The van der Waals surface area contributed by atoms with Gasteiger partial charge in [-0.1, -0.05) is 13.0 Å². The molecule has 0 amide bonds. The molecule has 132 valence electrons. The molecule has 0 fully saturated rings. The average molecular weight is 335 g/mol. The first-order chi connectivity index (χ1) is 11.6. The molecule has 1 N–H and O–H groups in total. The van der Waals surface area contributed by atoms with Gasteiger partial charge in [0.1, 0.15) is 0 Å². The Balaban J connectivity index is 2.22. The van der Waals surface area contributed by atoms with Crippen molar-refractivity contribution in [3.05, 3.63) is 51.6 Å². The van der Waals surface area contributed by atoms with Gasteiger partial charge in [0.05, 0.1) is 5.54 Å². The highest BCUT2D eigenvalue weighted by Crippen LogP contribution is 2.40. The number of carbonyl (C=O) groups is 1. The highest BCUT2D eigenvalue weighted by molar-refractivity contribution is 6.00. The summed E-state index contributed by atoms with van der Waals surface area (Å²) in [6, 6.07) is 6.54. The van der Waals surface area contributed by atoms with Crippen LogP contribution in [0.4, 0.5) is 5.69 Å². The fourth-order valence-corrected chi connectivity index (χ4v) is 4.20. The van der Waals surface area contributed by atoms with Crippen molar-refractivity contribution in [3.63, 3.8) is 0 Å². The Morgan fingerprint density at radius 3 is 1.96 bits per heavy atom. The predicted octanol–water partition coefficient (Wildman–Crippen LogP) is 5.77. The Kier molecular flexibility index (Phi) is 4.06. The van der Waals surface area contributed by atoms with Crippen LogP contribution in [0.3, 0.4) is 0 Å². The first kappa shape index (κ1) is 17.7. The largest absolute Gasteiger partial charge is 0.373 e. The van der Waals surface area contributed by atoms with Gasteiger partial charge < -0.3 is 5.32 Å². The second-order valence-corrected chi connectivity index (χ2v) is 8.14. The third-order valence-corrected chi connectivity index (χ3v) is 6.26. The Morgan fingerprint density at radius 2 is 1.40 bits per heavy atom. The van der Waals surface area contributed by atoms with E-state index in [4.69, 9.17) is 0 Å². The summed E-state index contributed by atoms with van der Waals surface area (Å²) >= 11 is 0. The summed E-state index contributed by atoms with van der Waals surface area (Å²) in [4.78, 5) is 12.7. The minimum absolute atomic E-state index is 0.0838. The zero-order valence-corrected chi connectivity index (χ0v) is 16.7. The molecule has 2 nitrogen and oxygen atoms in total. The minimum Gasteiger partial charge on any atom is -0.373 e. The van der Waals surface area contributed by atoms with Gasteiger partial charge in [0, 0.05) is 11.6 Å². The molecule has 0 spiro atoms. The highest BCUT2D eigenvalue weighted by Gasteiger charge is 2.38. The van der Waals surface area contributed by atoms with Crippen molar-refractivity contribution in [1.29, 1.82) is 0 Å². The topological polar surface area (TPSA) is 29.1 Å². The molecule has 1 heterocycles. The van der Waals surface area contributed by atoms with E-state index in [1.54, 1.807) is 0 Å². The summed E-state index contributed by atoms with van der Waals surface area (Å²) in [5.41, 5.74) is 11.0. The fourth-order valence-electron chi connectivity index (χ4n) is 4.20. The van der Waals surface area contributed by atoms with Gasteiger partial charge in [-0.15, -0.1) is 0 Å². The van der Waals surface area contributed by atoms with Crippen LogP contribution in [0.15, 0.2) is 18.2 Å². The van der Waals surface area contributed by atoms with Gasteiger partial charge >= 0.3 is 0 Å². The molecular formula is C23H29NO. The van der Waals surface area contributed by atoms with Crippen LogP contribution in [-0.4, -0.2) is 11.3 Å². The van der Waals surface area contributed by atoms with Crippen LogP contribution in [-0.2, 0) is 4.79 Å². The Labute approximate surface area is 151 Å². The summed E-state index contributed by atoms with van der Waals surface area (Å²) in [7, 11) is 0. The number of carbonyl (C=O) groups excluding carboxylic acids is 1. The third kappa shape index (κ3) is 2.59. The number of benzene rings is 2. The lowest BCUT2D eigenvalue weighted by atomic mass is 9.79. The van der Waals surface area contributed by atoms with Gasteiger partial charge in [0.25, 0.3) is 0 Å². The standard InChI is InChI=1S/C23H29NO/c1-12-13(2)15(4)21(16(5)14(12)3)18-9-10-20-19(11-18)17(6)22(25)23(7,8)24-20/h9-11,17,24H,1-8H3. The normalized spacial score (nSPS) is 18.7. The number of Topliss-reactive ketones (excluding diaryl/α,β-unsaturated/α-hetero) is 1. The zero-order chi connectivity index (χ0) is 18.7. The first-order valence-corrected chi connectivity index (χ1v) is 9.10. The van der Waals surface area contributed by atoms with E-state index < -0.39 is 5.54 Å². The second kappa shape index (κ2) is 5.72. The van der Waals surface area contributed by atoms with E-state index in [2.05, 4.69) is 58.1 Å². The Hall–Kier alpha value is -2.09. The molecule has 1 unspecified atom stereocenters. The molecule has 0 bridgehead atoms. The maximum Gasteiger partial charge on any atom is 0.164 e. The van der Waals surface area contributed by atoms with Gasteiger partial charge in [-0.3, -0.25) is 4.79 Å². The summed E-state index contributed by atoms with van der Waals surface area (Å²) < 4.78 is 0. The van der Waals surface area contributed by atoms with E-state index in [0.717, 1.165) is 11.3 Å². The number of nitrogens with one attached hydrogen (secondary N) is 1. The predicted molar refractivity (Wildman–Crippen MR) is 107 cm³/mol. The number of hydrogen-bond donors (Lipinski definition) is 1. The lowest BCUT2D eigenvalue weighted by Gasteiger charge is -2.36. The van der Waals surface area contributed by atoms with Crippen LogP contribution in [0.1, 0.15) is 60.1 Å². The fraction of sp³-hybridized carbons (Fsp3) is 0.435. The minimum atomic E-state index is -0.503. The van der Waals surface area contributed by atoms with E-state index in [0.29, 0.717) is 0 Å². The van der Waals surface area contributed by atoms with Crippen molar-refractivity contribution >= 4 is 11.5 Å². The third-order valence-electron chi connectivity index (χ3n) is 6.26. The monoisotopic (exact) mass is 335 g/mol. The molecular weight excluding hydrogens is 306 g/mol. The summed E-state index contributed by atoms with van der Waals surface area (Å²) in [6.45, 7) is 17.0. The molecule has 25 heavy (non-hydrogen) atoms. The second-order valence-electron chi connectivity index (χ2n) is 8.14. The molecule has 2 aromatic carbocycles. The maximum absolute atomic E-state index is 12.7. The number of ketones is 1. The van der Waals surface area contributed by atoms with E-state index in [1.165, 1.54) is 38.9 Å². The van der Waals surface area contributed by atoms with Gasteiger partial charge in [-0.2, -0.15) is 0 Å². The molecule has 1 aliphatic heterocycles. The van der Waals surface area contributed by atoms with Crippen molar-refractivity contribution in [2.75, 3.05) is 5.32 Å². The molecule has 0 saturated carbocycles. The van der Waals surface area contributed by atoms with Crippen molar-refractivity contribution in [3.8, 4) is 11.1 Å². The summed E-state index contributed by atoms with van der Waals surface area (Å²) in [5, 5.41) is 3.41. The smallest absolute Gasteiger partial charge is 0.164 e. The number of hydrogen-bond acceptors (Lipinski definition) is 2. The van der Waals surface area contributed by atoms with Crippen molar-refractivity contribution in [2.45, 2.75) is 66.8 Å². The molecule has 1 aliphatic rings. The number of fused-ring (bicyclic) bond motifs is 1.